The zero-order valence-corrected chi connectivity index (χ0v) is 12.4. The highest BCUT2D eigenvalue weighted by molar-refractivity contribution is 6.31. The van der Waals surface area contributed by atoms with E-state index in [0.29, 0.717) is 23.9 Å². The van der Waals surface area contributed by atoms with Gasteiger partial charge in [0.1, 0.15) is 0 Å². The summed E-state index contributed by atoms with van der Waals surface area (Å²) in [7, 11) is 0. The minimum absolute atomic E-state index is 0.224. The quantitative estimate of drug-likeness (QED) is 0.709. The summed E-state index contributed by atoms with van der Waals surface area (Å²) >= 11 is 5.96. The van der Waals surface area contributed by atoms with E-state index < -0.39 is 0 Å². The van der Waals surface area contributed by atoms with Gasteiger partial charge in [-0.3, -0.25) is 9.78 Å². The normalized spacial score (nSPS) is 10.6. The molecule has 0 bridgehead atoms. The van der Waals surface area contributed by atoms with Crippen LogP contribution in [0.1, 0.15) is 10.6 Å². The van der Waals surface area contributed by atoms with Gasteiger partial charge in [-0.25, -0.2) is 0 Å². The van der Waals surface area contributed by atoms with E-state index >= 15 is 0 Å². The van der Waals surface area contributed by atoms with Crippen molar-refractivity contribution >= 4 is 34.1 Å². The van der Waals surface area contributed by atoms with Crippen LogP contribution in [0.25, 0.3) is 10.9 Å². The number of anilines is 1. The molecule has 0 spiro atoms. The summed E-state index contributed by atoms with van der Waals surface area (Å²) in [4.78, 5) is 16.0. The van der Waals surface area contributed by atoms with Crippen molar-refractivity contribution in [1.82, 2.24) is 10.3 Å². The van der Waals surface area contributed by atoms with Crippen LogP contribution in [-0.2, 0) is 0 Å². The molecule has 2 N–H and O–H groups in total. The number of benzene rings is 1. The molecule has 0 radical (unpaired) electrons. The maximum Gasteiger partial charge on any atom is 0.287 e. The van der Waals surface area contributed by atoms with Gasteiger partial charge in [0.2, 0.25) is 0 Å². The van der Waals surface area contributed by atoms with Crippen molar-refractivity contribution < 1.29 is 9.21 Å². The number of pyridine rings is 1. The van der Waals surface area contributed by atoms with Crippen LogP contribution in [0, 0.1) is 0 Å². The van der Waals surface area contributed by atoms with Gasteiger partial charge in [-0.2, -0.15) is 0 Å². The Balaban J connectivity index is 1.59. The van der Waals surface area contributed by atoms with Crippen LogP contribution < -0.4 is 10.6 Å². The molecular weight excluding hydrogens is 302 g/mol. The van der Waals surface area contributed by atoms with E-state index in [9.17, 15) is 4.79 Å². The highest BCUT2D eigenvalue weighted by atomic mass is 35.5. The zero-order chi connectivity index (χ0) is 15.4. The van der Waals surface area contributed by atoms with Gasteiger partial charge in [0.05, 0.1) is 11.8 Å². The predicted octanol–water partition coefficient (Wildman–Crippen LogP) is 3.32. The third-order valence-corrected chi connectivity index (χ3v) is 3.41. The average molecular weight is 316 g/mol. The predicted molar refractivity (Wildman–Crippen MR) is 86.3 cm³/mol. The Bertz CT molecular complexity index is 787. The second kappa shape index (κ2) is 6.49. The van der Waals surface area contributed by atoms with E-state index in [4.69, 9.17) is 16.0 Å². The van der Waals surface area contributed by atoms with Crippen LogP contribution in [0.15, 0.2) is 53.3 Å². The third-order valence-electron chi connectivity index (χ3n) is 3.18. The first kappa shape index (κ1) is 14.4. The molecule has 0 saturated heterocycles. The fraction of sp³-hybridized carbons (Fsp3) is 0.125. The van der Waals surface area contributed by atoms with E-state index in [-0.39, 0.29) is 5.91 Å². The van der Waals surface area contributed by atoms with Crippen molar-refractivity contribution in [3.63, 3.8) is 0 Å². The molecule has 3 aromatic rings. The second-order valence-corrected chi connectivity index (χ2v) is 5.12. The largest absolute Gasteiger partial charge is 0.459 e. The van der Waals surface area contributed by atoms with Crippen LogP contribution >= 0.6 is 11.6 Å². The van der Waals surface area contributed by atoms with Gasteiger partial charge in [0, 0.05) is 35.4 Å². The smallest absolute Gasteiger partial charge is 0.287 e. The van der Waals surface area contributed by atoms with E-state index in [1.54, 1.807) is 18.3 Å². The van der Waals surface area contributed by atoms with E-state index in [1.807, 2.05) is 24.3 Å². The standard InChI is InChI=1S/C16H14ClN3O2/c17-11-3-4-12-13(5-6-18-14(12)10-11)19-7-8-20-16(21)15-2-1-9-22-15/h1-6,9-10H,7-8H2,(H,18,19)(H,20,21). The Morgan fingerprint density at radius 3 is 2.95 bits per heavy atom. The van der Waals surface area contributed by atoms with Crippen LogP contribution in [0.4, 0.5) is 5.69 Å². The first-order chi connectivity index (χ1) is 10.7. The minimum Gasteiger partial charge on any atom is -0.459 e. The topological polar surface area (TPSA) is 67.2 Å². The summed E-state index contributed by atoms with van der Waals surface area (Å²) in [6.07, 6.45) is 3.20. The van der Waals surface area contributed by atoms with Gasteiger partial charge in [0.15, 0.2) is 5.76 Å². The molecule has 0 aliphatic carbocycles. The number of carbonyl (C=O) groups excluding carboxylic acids is 1. The Morgan fingerprint density at radius 1 is 1.23 bits per heavy atom. The summed E-state index contributed by atoms with van der Waals surface area (Å²) in [6, 6.07) is 10.8. The molecule has 5 nitrogen and oxygen atoms in total. The lowest BCUT2D eigenvalue weighted by Crippen LogP contribution is -2.28. The molecule has 2 aromatic heterocycles. The Labute approximate surface area is 132 Å². The first-order valence-corrected chi connectivity index (χ1v) is 7.22. The number of fused-ring (bicyclic) bond motifs is 1. The lowest BCUT2D eigenvalue weighted by Gasteiger charge is -2.10. The summed E-state index contributed by atoms with van der Waals surface area (Å²) in [5.41, 5.74) is 1.78. The van der Waals surface area contributed by atoms with E-state index in [0.717, 1.165) is 16.6 Å². The molecule has 1 amide bonds. The summed E-state index contributed by atoms with van der Waals surface area (Å²) < 4.78 is 5.03. The number of furan rings is 1. The molecule has 6 heteroatoms. The van der Waals surface area contributed by atoms with Crippen molar-refractivity contribution in [2.24, 2.45) is 0 Å². The molecule has 112 valence electrons. The highest BCUT2D eigenvalue weighted by Crippen LogP contribution is 2.23. The van der Waals surface area contributed by atoms with Gasteiger partial charge >= 0.3 is 0 Å². The number of hydrogen-bond donors (Lipinski definition) is 2. The van der Waals surface area contributed by atoms with Gasteiger partial charge in [-0.05, 0) is 36.4 Å². The molecule has 22 heavy (non-hydrogen) atoms. The monoisotopic (exact) mass is 315 g/mol. The van der Waals surface area contributed by atoms with Gasteiger partial charge < -0.3 is 15.1 Å². The Kier molecular flexibility index (Phi) is 4.25. The van der Waals surface area contributed by atoms with Crippen LogP contribution in [0.5, 0.6) is 0 Å². The van der Waals surface area contributed by atoms with Crippen LogP contribution in [-0.4, -0.2) is 24.0 Å². The average Bonchev–Trinajstić information content (AvgIpc) is 3.05. The lowest BCUT2D eigenvalue weighted by atomic mass is 10.2. The molecule has 0 fully saturated rings. The van der Waals surface area contributed by atoms with Crippen LogP contribution in [0.3, 0.4) is 0 Å². The van der Waals surface area contributed by atoms with Crippen molar-refractivity contribution in [2.75, 3.05) is 18.4 Å². The van der Waals surface area contributed by atoms with Crippen molar-refractivity contribution in [1.29, 1.82) is 0 Å². The molecule has 0 atom stereocenters. The highest BCUT2D eigenvalue weighted by Gasteiger charge is 2.07. The molecule has 2 heterocycles. The maximum atomic E-state index is 11.7. The Hall–Kier alpha value is -2.53. The summed E-state index contributed by atoms with van der Waals surface area (Å²) in [5.74, 6) is 0.0853. The second-order valence-electron chi connectivity index (χ2n) is 4.68. The van der Waals surface area contributed by atoms with Gasteiger partial charge in [-0.15, -0.1) is 0 Å². The fourth-order valence-corrected chi connectivity index (χ4v) is 2.31. The fourth-order valence-electron chi connectivity index (χ4n) is 2.14. The third kappa shape index (κ3) is 3.20. The number of halogens is 1. The number of amides is 1. The Morgan fingerprint density at radius 2 is 2.14 bits per heavy atom. The van der Waals surface area contributed by atoms with Gasteiger partial charge in [-0.1, -0.05) is 11.6 Å². The van der Waals surface area contributed by atoms with E-state index in [2.05, 4.69) is 15.6 Å². The molecule has 3 rings (SSSR count). The first-order valence-electron chi connectivity index (χ1n) is 6.84. The summed E-state index contributed by atoms with van der Waals surface area (Å²) in [5, 5.41) is 7.71. The number of hydrogen-bond acceptors (Lipinski definition) is 4. The van der Waals surface area contributed by atoms with Crippen molar-refractivity contribution in [3.05, 3.63) is 59.6 Å². The number of aromatic nitrogens is 1. The number of nitrogens with zero attached hydrogens (tertiary/aromatic N) is 1. The van der Waals surface area contributed by atoms with Gasteiger partial charge in [0.25, 0.3) is 5.91 Å². The molecule has 0 saturated carbocycles. The molecule has 0 aliphatic heterocycles. The van der Waals surface area contributed by atoms with Crippen molar-refractivity contribution in [2.45, 2.75) is 0 Å². The molecule has 0 aliphatic rings. The SMILES string of the molecule is O=C(NCCNc1ccnc2cc(Cl)ccc12)c1ccco1. The number of rotatable bonds is 5. The summed E-state index contributed by atoms with van der Waals surface area (Å²) in [6.45, 7) is 1.07. The minimum atomic E-state index is -0.224. The number of carbonyl (C=O) groups is 1. The molecular formula is C16H14ClN3O2. The molecule has 1 aromatic carbocycles. The zero-order valence-electron chi connectivity index (χ0n) is 11.7. The number of nitrogens with one attached hydrogen (secondary N) is 2. The lowest BCUT2D eigenvalue weighted by molar-refractivity contribution is 0.0927. The molecule has 0 unspecified atom stereocenters. The van der Waals surface area contributed by atoms with Crippen LogP contribution in [0.2, 0.25) is 5.02 Å². The maximum absolute atomic E-state index is 11.7. The van der Waals surface area contributed by atoms with E-state index in [1.165, 1.54) is 6.26 Å². The van der Waals surface area contributed by atoms with Crippen molar-refractivity contribution in [3.8, 4) is 0 Å².